The molecule has 4 heterocycles. The largest absolute Gasteiger partial charge is 0.477 e. The third-order valence-corrected chi connectivity index (χ3v) is 8.76. The topological polar surface area (TPSA) is 173 Å². The van der Waals surface area contributed by atoms with E-state index < -0.39 is 58.4 Å². The van der Waals surface area contributed by atoms with Crippen molar-refractivity contribution in [2.75, 3.05) is 11.5 Å². The van der Waals surface area contributed by atoms with Gasteiger partial charge >= 0.3 is 11.9 Å². The number of nitrogens with zero attached hydrogens (tertiary/aromatic N) is 2. The molecular formula is C21H22N4O8S2. The lowest BCUT2D eigenvalue weighted by atomic mass is 10.0. The van der Waals surface area contributed by atoms with E-state index in [2.05, 4.69) is 10.6 Å². The number of aliphatic carboxylic acids is 2. The van der Waals surface area contributed by atoms with Crippen LogP contribution in [0.15, 0.2) is 34.7 Å². The van der Waals surface area contributed by atoms with Crippen LogP contribution in [0.4, 0.5) is 0 Å². The zero-order chi connectivity index (χ0) is 25.6. The van der Waals surface area contributed by atoms with Crippen molar-refractivity contribution < 1.29 is 39.0 Å². The molecule has 0 aromatic heterocycles. The average molecular weight is 523 g/mol. The van der Waals surface area contributed by atoms with Gasteiger partial charge in [-0.25, -0.2) is 9.59 Å². The molecule has 0 spiro atoms. The summed E-state index contributed by atoms with van der Waals surface area (Å²) in [6.45, 7) is 3.29. The Balaban J connectivity index is 1.26. The molecule has 12 nitrogen and oxygen atoms in total. The van der Waals surface area contributed by atoms with Gasteiger partial charge in [0.25, 0.3) is 11.8 Å². The van der Waals surface area contributed by atoms with E-state index in [0.29, 0.717) is 22.7 Å². The van der Waals surface area contributed by atoms with E-state index in [1.807, 2.05) is 0 Å². The van der Waals surface area contributed by atoms with Crippen LogP contribution in [-0.4, -0.2) is 89.9 Å². The Labute approximate surface area is 207 Å². The van der Waals surface area contributed by atoms with Gasteiger partial charge in [-0.3, -0.25) is 29.0 Å². The lowest BCUT2D eigenvalue weighted by molar-refractivity contribution is -0.150. The Hall–Kier alpha value is -3.26. The molecule has 2 fully saturated rings. The van der Waals surface area contributed by atoms with Crippen LogP contribution in [0.3, 0.4) is 0 Å². The maximum Gasteiger partial charge on any atom is 0.352 e. The first-order valence-corrected chi connectivity index (χ1v) is 12.6. The van der Waals surface area contributed by atoms with Gasteiger partial charge < -0.3 is 20.8 Å². The number of rotatable bonds is 7. The van der Waals surface area contributed by atoms with Crippen molar-refractivity contribution in [2.45, 2.75) is 43.1 Å². The fraction of sp³-hybridized carbons (Fsp3) is 0.429. The van der Waals surface area contributed by atoms with Crippen molar-refractivity contribution in [3.63, 3.8) is 0 Å². The van der Waals surface area contributed by atoms with Gasteiger partial charge in [0, 0.05) is 17.9 Å². The first-order chi connectivity index (χ1) is 16.5. The summed E-state index contributed by atoms with van der Waals surface area (Å²) in [5.41, 5.74) is 1.05. The van der Waals surface area contributed by atoms with Crippen LogP contribution in [0.25, 0.3) is 0 Å². The Bertz CT molecular complexity index is 1150. The van der Waals surface area contributed by atoms with Crippen molar-refractivity contribution in [3.05, 3.63) is 34.7 Å². The molecule has 0 aliphatic carbocycles. The van der Waals surface area contributed by atoms with E-state index in [1.54, 1.807) is 13.8 Å². The molecule has 4 atom stereocenters. The molecule has 0 saturated carbocycles. The van der Waals surface area contributed by atoms with Gasteiger partial charge in [0.1, 0.15) is 34.2 Å². The molecule has 0 aromatic rings. The summed E-state index contributed by atoms with van der Waals surface area (Å²) in [4.78, 5) is 74.5. The van der Waals surface area contributed by atoms with Gasteiger partial charge in [-0.05, 0) is 31.1 Å². The summed E-state index contributed by atoms with van der Waals surface area (Å²) in [6.07, 6.45) is 2.18. The number of carbonyl (C=O) groups is 6. The Morgan fingerprint density at radius 2 is 1.34 bits per heavy atom. The van der Waals surface area contributed by atoms with Gasteiger partial charge in [-0.1, -0.05) is 6.08 Å². The maximum atomic E-state index is 12.4. The molecule has 0 bridgehead atoms. The number of fused-ring (bicyclic) bond motifs is 2. The molecule has 186 valence electrons. The number of hydrogen-bond acceptors (Lipinski definition) is 8. The third kappa shape index (κ3) is 4.31. The zero-order valence-corrected chi connectivity index (χ0v) is 20.3. The number of β-lactam (4-membered cyclic amide) rings is 2. The predicted molar refractivity (Wildman–Crippen MR) is 124 cm³/mol. The summed E-state index contributed by atoms with van der Waals surface area (Å²) in [6, 6.07) is -1.71. The lowest BCUT2D eigenvalue weighted by Crippen LogP contribution is -2.70. The third-order valence-electron chi connectivity index (χ3n) is 5.91. The molecule has 4 aliphatic heterocycles. The van der Waals surface area contributed by atoms with E-state index in [-0.39, 0.29) is 17.8 Å². The van der Waals surface area contributed by atoms with Crippen molar-refractivity contribution >= 4 is 59.1 Å². The van der Waals surface area contributed by atoms with Gasteiger partial charge in [0.05, 0.1) is 0 Å². The highest BCUT2D eigenvalue weighted by Gasteiger charge is 2.54. The molecule has 2 saturated heterocycles. The van der Waals surface area contributed by atoms with Crippen molar-refractivity contribution in [1.29, 1.82) is 0 Å². The Morgan fingerprint density at radius 1 is 0.886 bits per heavy atom. The molecule has 35 heavy (non-hydrogen) atoms. The van der Waals surface area contributed by atoms with E-state index in [4.69, 9.17) is 0 Å². The molecule has 4 rings (SSSR count). The van der Waals surface area contributed by atoms with Crippen LogP contribution < -0.4 is 10.6 Å². The quantitative estimate of drug-likeness (QED) is 0.251. The minimum Gasteiger partial charge on any atom is -0.477 e. The summed E-state index contributed by atoms with van der Waals surface area (Å²) in [5.74, 6) is -3.66. The van der Waals surface area contributed by atoms with Crippen LogP contribution >= 0.6 is 23.5 Å². The minimum absolute atomic E-state index is 0.0535. The molecule has 4 amide bonds. The number of thioether (sulfide) groups is 2. The minimum atomic E-state index is -1.19. The lowest BCUT2D eigenvalue weighted by Gasteiger charge is -2.49. The fourth-order valence-corrected chi connectivity index (χ4v) is 6.84. The molecule has 0 radical (unpaired) electrons. The summed E-state index contributed by atoms with van der Waals surface area (Å²) in [5, 5.41) is 22.8. The number of carboxylic acids is 2. The Kier molecular flexibility index (Phi) is 6.68. The molecule has 0 aromatic carbocycles. The van der Waals surface area contributed by atoms with Crippen molar-refractivity contribution in [2.24, 2.45) is 0 Å². The van der Waals surface area contributed by atoms with E-state index in [9.17, 15) is 39.0 Å². The SMILES string of the molecule is CC1=C(C(=O)O)N2C(=O)[C@@H](NC(=O)/C=C/CC(=O)N[C@@H]3C(=O)N4C(C(=O)O)=C(C)CS[C@H]34)[C@H]2SC1. The van der Waals surface area contributed by atoms with E-state index >= 15 is 0 Å². The Morgan fingerprint density at radius 3 is 1.80 bits per heavy atom. The highest BCUT2D eigenvalue weighted by Crippen LogP contribution is 2.41. The van der Waals surface area contributed by atoms with Gasteiger partial charge in [-0.15, -0.1) is 23.5 Å². The molecule has 14 heteroatoms. The summed E-state index contributed by atoms with van der Waals surface area (Å²) < 4.78 is 0. The van der Waals surface area contributed by atoms with E-state index in [0.717, 1.165) is 6.08 Å². The normalized spacial score (nSPS) is 27.7. The molecule has 0 unspecified atom stereocenters. The second-order valence-corrected chi connectivity index (χ2v) is 10.5. The average Bonchev–Trinajstić information content (AvgIpc) is 2.80. The molecule has 4 N–H and O–H groups in total. The second kappa shape index (κ2) is 9.41. The van der Waals surface area contributed by atoms with Gasteiger partial charge in [-0.2, -0.15) is 0 Å². The summed E-state index contributed by atoms with van der Waals surface area (Å²) >= 11 is 2.72. The van der Waals surface area contributed by atoms with Crippen LogP contribution in [0.5, 0.6) is 0 Å². The van der Waals surface area contributed by atoms with Crippen LogP contribution in [0, 0.1) is 0 Å². The zero-order valence-electron chi connectivity index (χ0n) is 18.6. The standard InChI is InChI=1S/C21H22N4O8S2/c1-8-6-34-18-12(16(28)24(18)14(8)20(30)31)22-10(26)4-3-5-11(27)23-13-17(29)25-15(21(32)33)9(2)7-35-19(13)25/h3-4,12-13,18-19H,5-7H2,1-2H3,(H,22,26)(H,23,27)(H,30,31)(H,32,33)/b4-3+/t12-,13-,18-,19-/m1/s1. The molecular weight excluding hydrogens is 500 g/mol. The highest BCUT2D eigenvalue weighted by molar-refractivity contribution is 8.00. The summed E-state index contributed by atoms with van der Waals surface area (Å²) in [7, 11) is 0. The number of carbonyl (C=O) groups excluding carboxylic acids is 4. The van der Waals surface area contributed by atoms with Crippen LogP contribution in [-0.2, 0) is 28.8 Å². The van der Waals surface area contributed by atoms with Gasteiger partial charge in [0.15, 0.2) is 0 Å². The number of nitrogens with one attached hydrogen (secondary N) is 2. The number of hydrogen-bond donors (Lipinski definition) is 4. The number of amides is 4. The second-order valence-electron chi connectivity index (χ2n) is 8.33. The van der Waals surface area contributed by atoms with Gasteiger partial charge in [0.2, 0.25) is 11.8 Å². The highest BCUT2D eigenvalue weighted by atomic mass is 32.2. The van der Waals surface area contributed by atoms with Crippen molar-refractivity contribution in [3.8, 4) is 0 Å². The first-order valence-electron chi connectivity index (χ1n) is 10.5. The first kappa shape index (κ1) is 24.9. The smallest absolute Gasteiger partial charge is 0.352 e. The fourth-order valence-electron chi connectivity index (χ4n) is 4.26. The predicted octanol–water partition coefficient (Wildman–Crippen LogP) is -0.550. The van der Waals surface area contributed by atoms with Crippen LogP contribution in [0.1, 0.15) is 20.3 Å². The van der Waals surface area contributed by atoms with Crippen LogP contribution in [0.2, 0.25) is 0 Å². The molecule has 4 aliphatic rings. The number of carboxylic acid groups (broad SMARTS) is 2. The monoisotopic (exact) mass is 522 g/mol. The van der Waals surface area contributed by atoms with E-state index in [1.165, 1.54) is 39.4 Å². The van der Waals surface area contributed by atoms with Crippen molar-refractivity contribution in [1.82, 2.24) is 20.4 Å². The maximum absolute atomic E-state index is 12.4.